The van der Waals surface area contributed by atoms with Crippen molar-refractivity contribution < 1.29 is 14.7 Å². The van der Waals surface area contributed by atoms with Crippen LogP contribution in [0.5, 0.6) is 0 Å². The summed E-state index contributed by atoms with van der Waals surface area (Å²) in [4.78, 5) is 22.2. The van der Waals surface area contributed by atoms with Gasteiger partial charge in [-0.3, -0.25) is 10.1 Å². The number of benzene rings is 1. The maximum absolute atomic E-state index is 11.5. The molecule has 0 aliphatic carbocycles. The molecule has 16 heavy (non-hydrogen) atoms. The number of carboxylic acid groups (broad SMARTS) is 1. The minimum Gasteiger partial charge on any atom is -0.480 e. The third kappa shape index (κ3) is 3.22. The molecule has 0 fully saturated rings. The maximum atomic E-state index is 11.5. The van der Waals surface area contributed by atoms with Crippen molar-refractivity contribution in [3.05, 3.63) is 29.3 Å². The normalized spacial score (nSPS) is 11.9. The topological polar surface area (TPSA) is 78.4 Å². The number of anilines is 1. The summed E-state index contributed by atoms with van der Waals surface area (Å²) >= 11 is 5.67. The van der Waals surface area contributed by atoms with E-state index in [-0.39, 0.29) is 0 Å². The van der Waals surface area contributed by atoms with Crippen molar-refractivity contribution in [3.63, 3.8) is 0 Å². The van der Waals surface area contributed by atoms with E-state index in [0.717, 1.165) is 0 Å². The third-order valence-electron chi connectivity index (χ3n) is 1.91. The van der Waals surface area contributed by atoms with E-state index in [9.17, 15) is 9.59 Å². The van der Waals surface area contributed by atoms with E-state index in [1.54, 1.807) is 24.3 Å². The van der Waals surface area contributed by atoms with Crippen molar-refractivity contribution in [3.8, 4) is 0 Å². The van der Waals surface area contributed by atoms with Gasteiger partial charge in [-0.25, -0.2) is 4.79 Å². The molecular formula is C10H11ClN2O3. The minimum atomic E-state index is -1.27. The Labute approximate surface area is 97.4 Å². The zero-order valence-electron chi connectivity index (χ0n) is 8.53. The number of nitrogens with one attached hydrogen (secondary N) is 2. The SMILES string of the molecule is CNC(C(=O)O)C(=O)Nc1ccc(Cl)cc1. The van der Waals surface area contributed by atoms with Gasteiger partial charge in [0.15, 0.2) is 6.04 Å². The van der Waals surface area contributed by atoms with E-state index >= 15 is 0 Å². The molecule has 0 aliphatic heterocycles. The Balaban J connectivity index is 2.70. The first-order valence-corrected chi connectivity index (χ1v) is 4.89. The number of carbonyl (C=O) groups excluding carboxylic acids is 1. The van der Waals surface area contributed by atoms with Crippen molar-refractivity contribution in [1.82, 2.24) is 5.32 Å². The summed E-state index contributed by atoms with van der Waals surface area (Å²) in [6.07, 6.45) is 0. The van der Waals surface area contributed by atoms with Gasteiger partial charge < -0.3 is 10.4 Å². The summed E-state index contributed by atoms with van der Waals surface area (Å²) in [6, 6.07) is 5.12. The average molecular weight is 243 g/mol. The highest BCUT2D eigenvalue weighted by molar-refractivity contribution is 6.30. The molecule has 0 aliphatic rings. The number of amides is 1. The predicted octanol–water partition coefficient (Wildman–Crippen LogP) is 0.951. The van der Waals surface area contributed by atoms with E-state index in [4.69, 9.17) is 16.7 Å². The Morgan fingerprint density at radius 2 is 1.88 bits per heavy atom. The first-order chi connectivity index (χ1) is 7.54. The summed E-state index contributed by atoms with van der Waals surface area (Å²) in [5, 5.41) is 14.1. The van der Waals surface area contributed by atoms with Crippen molar-refractivity contribution in [2.24, 2.45) is 0 Å². The lowest BCUT2D eigenvalue weighted by atomic mass is 10.2. The van der Waals surface area contributed by atoms with Gasteiger partial charge in [-0.15, -0.1) is 0 Å². The van der Waals surface area contributed by atoms with Gasteiger partial charge in [0.25, 0.3) is 5.91 Å². The maximum Gasteiger partial charge on any atom is 0.330 e. The molecule has 3 N–H and O–H groups in total. The molecule has 1 aromatic carbocycles. The zero-order chi connectivity index (χ0) is 12.1. The fourth-order valence-electron chi connectivity index (χ4n) is 1.11. The highest BCUT2D eigenvalue weighted by Gasteiger charge is 2.23. The largest absolute Gasteiger partial charge is 0.480 e. The van der Waals surface area contributed by atoms with Gasteiger partial charge in [-0.05, 0) is 31.3 Å². The van der Waals surface area contributed by atoms with E-state index < -0.39 is 17.9 Å². The van der Waals surface area contributed by atoms with Crippen LogP contribution in [0.1, 0.15) is 0 Å². The van der Waals surface area contributed by atoms with Crippen molar-refractivity contribution in [2.75, 3.05) is 12.4 Å². The van der Waals surface area contributed by atoms with Gasteiger partial charge in [0, 0.05) is 10.7 Å². The Hall–Kier alpha value is -1.59. The summed E-state index contributed by atoms with van der Waals surface area (Å²) in [5.41, 5.74) is 0.496. The third-order valence-corrected chi connectivity index (χ3v) is 2.16. The number of carboxylic acids is 1. The first-order valence-electron chi connectivity index (χ1n) is 4.51. The summed E-state index contributed by atoms with van der Waals surface area (Å²) < 4.78 is 0. The Morgan fingerprint density at radius 3 is 2.31 bits per heavy atom. The molecule has 6 heteroatoms. The second-order valence-electron chi connectivity index (χ2n) is 3.06. The van der Waals surface area contributed by atoms with Gasteiger partial charge in [-0.1, -0.05) is 11.6 Å². The van der Waals surface area contributed by atoms with Crippen LogP contribution in [-0.2, 0) is 9.59 Å². The highest BCUT2D eigenvalue weighted by Crippen LogP contribution is 2.13. The molecule has 0 bridgehead atoms. The lowest BCUT2D eigenvalue weighted by molar-refractivity contribution is -0.142. The van der Waals surface area contributed by atoms with Crippen LogP contribution in [0.15, 0.2) is 24.3 Å². The molecule has 0 radical (unpaired) electrons. The molecule has 86 valence electrons. The van der Waals surface area contributed by atoms with Crippen LogP contribution in [0.4, 0.5) is 5.69 Å². The molecule has 1 unspecified atom stereocenters. The Bertz CT molecular complexity index is 392. The second-order valence-corrected chi connectivity index (χ2v) is 3.49. The van der Waals surface area contributed by atoms with Crippen LogP contribution in [0.2, 0.25) is 5.02 Å². The lowest BCUT2D eigenvalue weighted by Gasteiger charge is -2.11. The predicted molar refractivity (Wildman–Crippen MR) is 60.6 cm³/mol. The molecule has 0 heterocycles. The number of rotatable bonds is 4. The molecule has 0 saturated carbocycles. The van der Waals surface area contributed by atoms with Gasteiger partial charge in [0.05, 0.1) is 0 Å². The standard InChI is InChI=1S/C10H11ClN2O3/c1-12-8(10(15)16)9(14)13-7-4-2-6(11)3-5-7/h2-5,8,12H,1H3,(H,13,14)(H,15,16). The van der Waals surface area contributed by atoms with E-state index in [1.807, 2.05) is 0 Å². The molecule has 1 amide bonds. The number of carbonyl (C=O) groups is 2. The van der Waals surface area contributed by atoms with Crippen molar-refractivity contribution in [1.29, 1.82) is 0 Å². The van der Waals surface area contributed by atoms with Crippen LogP contribution in [0.25, 0.3) is 0 Å². The number of likely N-dealkylation sites (N-methyl/N-ethyl adjacent to an activating group) is 1. The van der Waals surface area contributed by atoms with Crippen LogP contribution >= 0.6 is 11.6 Å². The van der Waals surface area contributed by atoms with Gasteiger partial charge in [0.1, 0.15) is 0 Å². The molecule has 5 nitrogen and oxygen atoms in total. The minimum absolute atomic E-state index is 0.496. The summed E-state index contributed by atoms with van der Waals surface area (Å²) in [6.45, 7) is 0. The van der Waals surface area contributed by atoms with Gasteiger partial charge >= 0.3 is 5.97 Å². The van der Waals surface area contributed by atoms with E-state index in [0.29, 0.717) is 10.7 Å². The average Bonchev–Trinajstić information content (AvgIpc) is 2.22. The van der Waals surface area contributed by atoms with Crippen molar-refractivity contribution in [2.45, 2.75) is 6.04 Å². The molecule has 1 aromatic rings. The van der Waals surface area contributed by atoms with Gasteiger partial charge in [0.2, 0.25) is 0 Å². The van der Waals surface area contributed by atoms with E-state index in [1.165, 1.54) is 7.05 Å². The summed E-state index contributed by atoms with van der Waals surface area (Å²) in [7, 11) is 1.40. The van der Waals surface area contributed by atoms with Crippen LogP contribution < -0.4 is 10.6 Å². The quantitative estimate of drug-likeness (QED) is 0.687. The zero-order valence-corrected chi connectivity index (χ0v) is 9.28. The van der Waals surface area contributed by atoms with Crippen LogP contribution in [0.3, 0.4) is 0 Å². The smallest absolute Gasteiger partial charge is 0.330 e. The van der Waals surface area contributed by atoms with Crippen LogP contribution in [-0.4, -0.2) is 30.1 Å². The number of halogens is 1. The van der Waals surface area contributed by atoms with Crippen molar-refractivity contribution >= 4 is 29.2 Å². The Morgan fingerprint density at radius 1 is 1.31 bits per heavy atom. The second kappa shape index (κ2) is 5.48. The fraction of sp³-hybridized carbons (Fsp3) is 0.200. The molecule has 0 saturated heterocycles. The first kappa shape index (κ1) is 12.5. The highest BCUT2D eigenvalue weighted by atomic mass is 35.5. The molecular weight excluding hydrogens is 232 g/mol. The van der Waals surface area contributed by atoms with Crippen LogP contribution in [0, 0.1) is 0 Å². The molecule has 1 atom stereocenters. The van der Waals surface area contributed by atoms with Gasteiger partial charge in [-0.2, -0.15) is 0 Å². The molecule has 0 spiro atoms. The monoisotopic (exact) mass is 242 g/mol. The lowest BCUT2D eigenvalue weighted by Crippen LogP contribution is -2.44. The fourth-order valence-corrected chi connectivity index (χ4v) is 1.24. The summed E-state index contributed by atoms with van der Waals surface area (Å²) in [5.74, 6) is -1.86. The Kier molecular flexibility index (Phi) is 4.28. The number of hydrogen-bond acceptors (Lipinski definition) is 3. The molecule has 0 aromatic heterocycles. The van der Waals surface area contributed by atoms with E-state index in [2.05, 4.69) is 10.6 Å². The molecule has 1 rings (SSSR count). The number of aliphatic carboxylic acids is 1. The number of hydrogen-bond donors (Lipinski definition) is 3.